The van der Waals surface area contributed by atoms with E-state index in [4.69, 9.17) is 0 Å². The Labute approximate surface area is 138 Å². The van der Waals surface area contributed by atoms with Crippen LogP contribution in [-0.4, -0.2) is 40.3 Å². The lowest BCUT2D eigenvalue weighted by Gasteiger charge is -2.16. The summed E-state index contributed by atoms with van der Waals surface area (Å²) >= 11 is 1.42. The molecule has 6 nitrogen and oxygen atoms in total. The first-order valence-electron chi connectivity index (χ1n) is 7.51. The van der Waals surface area contributed by atoms with Gasteiger partial charge in [-0.25, -0.2) is 4.98 Å². The summed E-state index contributed by atoms with van der Waals surface area (Å²) in [5, 5.41) is 2.56. The first-order chi connectivity index (χ1) is 11.1. The summed E-state index contributed by atoms with van der Waals surface area (Å²) in [7, 11) is 1.78. The van der Waals surface area contributed by atoms with Crippen molar-refractivity contribution in [2.24, 2.45) is 0 Å². The fourth-order valence-electron chi connectivity index (χ4n) is 2.49. The highest BCUT2D eigenvalue weighted by molar-refractivity contribution is 7.14. The molecule has 120 valence electrons. The summed E-state index contributed by atoms with van der Waals surface area (Å²) in [6.45, 7) is 1.27. The molecule has 0 aliphatic carbocycles. The average molecular weight is 330 g/mol. The van der Waals surface area contributed by atoms with Crippen molar-refractivity contribution >= 4 is 28.3 Å². The number of aromatic nitrogens is 2. The average Bonchev–Trinajstić information content (AvgIpc) is 3.17. The Morgan fingerprint density at radius 3 is 2.87 bits per heavy atom. The van der Waals surface area contributed by atoms with Crippen LogP contribution in [0.4, 0.5) is 5.13 Å². The van der Waals surface area contributed by atoms with Crippen molar-refractivity contribution in [2.75, 3.05) is 18.5 Å². The van der Waals surface area contributed by atoms with Gasteiger partial charge in [0.2, 0.25) is 11.8 Å². The number of carbonyl (C=O) groups excluding carboxylic acids is 2. The number of pyridine rings is 1. The van der Waals surface area contributed by atoms with Crippen LogP contribution >= 0.6 is 11.3 Å². The van der Waals surface area contributed by atoms with Gasteiger partial charge in [0.15, 0.2) is 5.13 Å². The number of carbonyl (C=O) groups is 2. The molecule has 2 amide bonds. The minimum Gasteiger partial charge on any atom is -0.341 e. The second-order valence-corrected chi connectivity index (χ2v) is 6.39. The second-order valence-electron chi connectivity index (χ2n) is 5.55. The summed E-state index contributed by atoms with van der Waals surface area (Å²) in [5.41, 5.74) is 1.76. The number of nitrogens with zero attached hydrogens (tertiary/aromatic N) is 4. The molecule has 2 aromatic heterocycles. The van der Waals surface area contributed by atoms with E-state index in [1.807, 2.05) is 17.5 Å². The Bertz CT molecular complexity index is 701. The van der Waals surface area contributed by atoms with Gasteiger partial charge in [0.1, 0.15) is 0 Å². The van der Waals surface area contributed by atoms with E-state index < -0.39 is 0 Å². The minimum atomic E-state index is 0.00594. The van der Waals surface area contributed by atoms with Crippen molar-refractivity contribution in [1.82, 2.24) is 14.9 Å². The fraction of sp³-hybridized carbons (Fsp3) is 0.375. The molecule has 0 aromatic carbocycles. The molecule has 23 heavy (non-hydrogen) atoms. The van der Waals surface area contributed by atoms with E-state index in [9.17, 15) is 9.59 Å². The molecule has 0 atom stereocenters. The maximum absolute atomic E-state index is 12.3. The zero-order valence-electron chi connectivity index (χ0n) is 12.9. The summed E-state index contributed by atoms with van der Waals surface area (Å²) in [5.74, 6) is 0.124. The quantitative estimate of drug-likeness (QED) is 0.839. The van der Waals surface area contributed by atoms with Gasteiger partial charge in [-0.15, -0.1) is 11.3 Å². The van der Waals surface area contributed by atoms with Crippen LogP contribution in [0.3, 0.4) is 0 Å². The third-order valence-electron chi connectivity index (χ3n) is 3.77. The molecule has 0 unspecified atom stereocenters. The van der Waals surface area contributed by atoms with Crippen LogP contribution in [0.25, 0.3) is 0 Å². The minimum absolute atomic E-state index is 0.00594. The molecular formula is C16H18N4O2S. The van der Waals surface area contributed by atoms with Crippen LogP contribution in [0.15, 0.2) is 29.9 Å². The van der Waals surface area contributed by atoms with Crippen molar-refractivity contribution in [3.05, 3.63) is 41.2 Å². The van der Waals surface area contributed by atoms with E-state index in [2.05, 4.69) is 9.97 Å². The van der Waals surface area contributed by atoms with E-state index in [1.165, 1.54) is 11.3 Å². The number of amides is 2. The monoisotopic (exact) mass is 330 g/mol. The van der Waals surface area contributed by atoms with Crippen LogP contribution in [0.1, 0.15) is 24.1 Å². The lowest BCUT2D eigenvalue weighted by Crippen LogP contribution is -2.28. The van der Waals surface area contributed by atoms with E-state index >= 15 is 0 Å². The number of hydrogen-bond acceptors (Lipinski definition) is 5. The SMILES string of the molecule is CN(Cc1ccncc1)C(=O)Cc1csc(N2CCCC2=O)n1. The maximum Gasteiger partial charge on any atom is 0.228 e. The highest BCUT2D eigenvalue weighted by atomic mass is 32.1. The normalized spacial score (nSPS) is 14.3. The first-order valence-corrected chi connectivity index (χ1v) is 8.39. The number of thiazole rings is 1. The summed E-state index contributed by atoms with van der Waals surface area (Å²) in [6.07, 6.45) is 5.14. The highest BCUT2D eigenvalue weighted by Gasteiger charge is 2.24. The van der Waals surface area contributed by atoms with Gasteiger partial charge >= 0.3 is 0 Å². The molecule has 1 saturated heterocycles. The van der Waals surface area contributed by atoms with Crippen molar-refractivity contribution in [1.29, 1.82) is 0 Å². The van der Waals surface area contributed by atoms with Gasteiger partial charge in [-0.3, -0.25) is 19.5 Å². The largest absolute Gasteiger partial charge is 0.341 e. The topological polar surface area (TPSA) is 66.4 Å². The van der Waals surface area contributed by atoms with E-state index in [1.54, 1.807) is 29.2 Å². The Morgan fingerprint density at radius 2 is 2.17 bits per heavy atom. The van der Waals surface area contributed by atoms with Crippen LogP contribution < -0.4 is 4.90 Å². The Kier molecular flexibility index (Phi) is 4.66. The molecule has 0 bridgehead atoms. The molecule has 2 aromatic rings. The molecule has 0 radical (unpaired) electrons. The molecular weight excluding hydrogens is 312 g/mol. The molecule has 3 rings (SSSR count). The van der Waals surface area contributed by atoms with E-state index in [0.717, 1.165) is 24.2 Å². The number of rotatable bonds is 5. The summed E-state index contributed by atoms with van der Waals surface area (Å²) in [6, 6.07) is 3.79. The van der Waals surface area contributed by atoms with Gasteiger partial charge in [-0.05, 0) is 24.1 Å². The zero-order chi connectivity index (χ0) is 16.2. The predicted octanol–water partition coefficient (Wildman–Crippen LogP) is 1.87. The van der Waals surface area contributed by atoms with Gasteiger partial charge in [-0.2, -0.15) is 0 Å². The van der Waals surface area contributed by atoms with Gasteiger partial charge < -0.3 is 4.90 Å². The molecule has 1 aliphatic rings. The smallest absolute Gasteiger partial charge is 0.228 e. The predicted molar refractivity (Wildman–Crippen MR) is 88.1 cm³/mol. The van der Waals surface area contributed by atoms with E-state index in [0.29, 0.717) is 18.1 Å². The van der Waals surface area contributed by atoms with Crippen molar-refractivity contribution < 1.29 is 9.59 Å². The molecule has 3 heterocycles. The van der Waals surface area contributed by atoms with Crippen LogP contribution in [0.2, 0.25) is 0 Å². The maximum atomic E-state index is 12.3. The van der Waals surface area contributed by atoms with Gasteiger partial charge in [0.05, 0.1) is 12.1 Å². The Balaban J connectivity index is 1.59. The third-order valence-corrected chi connectivity index (χ3v) is 4.68. The summed E-state index contributed by atoms with van der Waals surface area (Å²) < 4.78 is 0. The highest BCUT2D eigenvalue weighted by Crippen LogP contribution is 2.25. The van der Waals surface area contributed by atoms with Crippen molar-refractivity contribution in [3.63, 3.8) is 0 Å². The number of anilines is 1. The van der Waals surface area contributed by atoms with Crippen molar-refractivity contribution in [2.45, 2.75) is 25.8 Å². The lowest BCUT2D eigenvalue weighted by atomic mass is 10.2. The van der Waals surface area contributed by atoms with E-state index in [-0.39, 0.29) is 18.2 Å². The van der Waals surface area contributed by atoms with Crippen molar-refractivity contribution in [3.8, 4) is 0 Å². The lowest BCUT2D eigenvalue weighted by molar-refractivity contribution is -0.129. The number of likely N-dealkylation sites (N-methyl/N-ethyl adjacent to an activating group) is 1. The molecule has 0 saturated carbocycles. The second kappa shape index (κ2) is 6.87. The van der Waals surface area contributed by atoms with Crippen LogP contribution in [0, 0.1) is 0 Å². The first kappa shape index (κ1) is 15.6. The third kappa shape index (κ3) is 3.73. The molecule has 0 spiro atoms. The van der Waals surface area contributed by atoms with Gasteiger partial charge in [0.25, 0.3) is 0 Å². The molecule has 1 fully saturated rings. The van der Waals surface area contributed by atoms with Gasteiger partial charge in [0, 0.05) is 44.3 Å². The molecule has 0 N–H and O–H groups in total. The molecule has 1 aliphatic heterocycles. The Hall–Kier alpha value is -2.28. The zero-order valence-corrected chi connectivity index (χ0v) is 13.8. The van der Waals surface area contributed by atoms with Gasteiger partial charge in [-0.1, -0.05) is 0 Å². The fourth-order valence-corrected chi connectivity index (χ4v) is 3.36. The number of hydrogen-bond donors (Lipinski definition) is 0. The molecule has 7 heteroatoms. The summed E-state index contributed by atoms with van der Waals surface area (Å²) in [4.78, 5) is 35.8. The standard InChI is InChI=1S/C16H18N4O2S/c1-19(10-12-4-6-17-7-5-12)15(22)9-13-11-23-16(18-13)20-8-2-3-14(20)21/h4-7,11H,2-3,8-10H2,1H3. The Morgan fingerprint density at radius 1 is 1.39 bits per heavy atom. The van der Waals surface area contributed by atoms with Crippen LogP contribution in [-0.2, 0) is 22.6 Å². The van der Waals surface area contributed by atoms with Crippen LogP contribution in [0.5, 0.6) is 0 Å².